The lowest BCUT2D eigenvalue weighted by Crippen LogP contribution is -2.38. The Kier molecular flexibility index (Phi) is 6.59. The first kappa shape index (κ1) is 17.9. The number of hydrogen-bond donors (Lipinski definition) is 1. The third-order valence-corrected chi connectivity index (χ3v) is 4.96. The number of carboxylic acid groups (broad SMARTS) is 1. The van der Waals surface area contributed by atoms with Crippen molar-refractivity contribution >= 4 is 31.9 Å². The summed E-state index contributed by atoms with van der Waals surface area (Å²) in [5.41, 5.74) is 0. The van der Waals surface area contributed by atoms with Gasteiger partial charge in [0.05, 0.1) is 13.7 Å². The molecule has 0 atom stereocenters. The van der Waals surface area contributed by atoms with Crippen LogP contribution in [-0.2, 0) is 19.6 Å². The van der Waals surface area contributed by atoms with Gasteiger partial charge in [0.1, 0.15) is 17.2 Å². The van der Waals surface area contributed by atoms with E-state index in [2.05, 4.69) is 15.9 Å². The largest absolute Gasteiger partial charge is 0.495 e. The average Bonchev–Trinajstić information content (AvgIpc) is 2.42. The summed E-state index contributed by atoms with van der Waals surface area (Å²) in [6, 6.07) is 4.50. The third kappa shape index (κ3) is 4.67. The summed E-state index contributed by atoms with van der Waals surface area (Å²) in [6.45, 7) is -0.634. The second kappa shape index (κ2) is 7.74. The molecular weight excluding hydrogens is 366 g/mol. The zero-order valence-electron chi connectivity index (χ0n) is 11.6. The average molecular weight is 382 g/mol. The molecule has 1 aromatic rings. The summed E-state index contributed by atoms with van der Waals surface area (Å²) in [6.07, 6.45) is 0. The molecule has 0 unspecified atom stereocenters. The van der Waals surface area contributed by atoms with Crippen LogP contribution >= 0.6 is 15.9 Å². The molecule has 9 heteroatoms. The Morgan fingerprint density at radius 1 is 1.38 bits per heavy atom. The predicted octanol–water partition coefficient (Wildman–Crippen LogP) is 1.18. The van der Waals surface area contributed by atoms with Gasteiger partial charge < -0.3 is 14.6 Å². The van der Waals surface area contributed by atoms with Gasteiger partial charge in [-0.1, -0.05) is 15.9 Å². The second-order valence-electron chi connectivity index (χ2n) is 4.02. The Hall–Kier alpha value is -1.16. The van der Waals surface area contributed by atoms with E-state index in [9.17, 15) is 13.2 Å². The van der Waals surface area contributed by atoms with Gasteiger partial charge in [-0.2, -0.15) is 4.31 Å². The SMILES string of the molecule is COCCN(CC(=O)O)S(=O)(=O)c1cc(Br)ccc1OC. The fraction of sp³-hybridized carbons (Fsp3) is 0.417. The van der Waals surface area contributed by atoms with Crippen LogP contribution in [0.5, 0.6) is 5.75 Å². The quantitative estimate of drug-likeness (QED) is 0.726. The molecule has 0 saturated carbocycles. The van der Waals surface area contributed by atoms with Crippen molar-refractivity contribution in [2.24, 2.45) is 0 Å². The number of methoxy groups -OCH3 is 2. The lowest BCUT2D eigenvalue weighted by atomic mass is 10.3. The van der Waals surface area contributed by atoms with Crippen LogP contribution in [0, 0.1) is 0 Å². The van der Waals surface area contributed by atoms with Crippen LogP contribution < -0.4 is 4.74 Å². The molecule has 0 heterocycles. The zero-order valence-corrected chi connectivity index (χ0v) is 14.0. The summed E-state index contributed by atoms with van der Waals surface area (Å²) in [7, 11) is -1.26. The maximum absolute atomic E-state index is 12.6. The number of hydrogen-bond acceptors (Lipinski definition) is 5. The van der Waals surface area contributed by atoms with Gasteiger partial charge in [0.25, 0.3) is 0 Å². The topological polar surface area (TPSA) is 93.1 Å². The van der Waals surface area contributed by atoms with E-state index < -0.39 is 22.5 Å². The van der Waals surface area contributed by atoms with Crippen molar-refractivity contribution in [2.75, 3.05) is 33.9 Å². The molecule has 0 aliphatic rings. The van der Waals surface area contributed by atoms with Crippen molar-refractivity contribution in [3.05, 3.63) is 22.7 Å². The van der Waals surface area contributed by atoms with Gasteiger partial charge in [0.15, 0.2) is 0 Å². The number of aliphatic carboxylic acids is 1. The number of halogens is 1. The first-order valence-corrected chi connectivity index (χ1v) is 8.10. The first-order chi connectivity index (χ1) is 9.82. The van der Waals surface area contributed by atoms with Crippen LogP contribution in [-0.4, -0.2) is 57.7 Å². The zero-order chi connectivity index (χ0) is 16.0. The fourth-order valence-electron chi connectivity index (χ4n) is 1.62. The summed E-state index contributed by atoms with van der Waals surface area (Å²) in [5, 5.41) is 8.89. The van der Waals surface area contributed by atoms with E-state index in [0.717, 1.165) is 4.31 Å². The van der Waals surface area contributed by atoms with E-state index in [1.165, 1.54) is 26.4 Å². The number of nitrogens with zero attached hydrogens (tertiary/aromatic N) is 1. The highest BCUT2D eigenvalue weighted by Gasteiger charge is 2.29. The van der Waals surface area contributed by atoms with Crippen LogP contribution in [0.1, 0.15) is 0 Å². The van der Waals surface area contributed by atoms with E-state index in [4.69, 9.17) is 14.6 Å². The monoisotopic (exact) mass is 381 g/mol. The second-order valence-corrected chi connectivity index (χ2v) is 6.84. The van der Waals surface area contributed by atoms with Crippen LogP contribution in [0.2, 0.25) is 0 Å². The number of ether oxygens (including phenoxy) is 2. The molecule has 0 aliphatic heterocycles. The molecule has 0 aromatic heterocycles. The van der Waals surface area contributed by atoms with Gasteiger partial charge in [0.2, 0.25) is 10.0 Å². The van der Waals surface area contributed by atoms with Gasteiger partial charge in [-0.05, 0) is 18.2 Å². The first-order valence-electron chi connectivity index (χ1n) is 5.87. The van der Waals surface area contributed by atoms with Crippen LogP contribution in [0.15, 0.2) is 27.6 Å². The van der Waals surface area contributed by atoms with Gasteiger partial charge >= 0.3 is 5.97 Å². The molecule has 1 N–H and O–H groups in total. The summed E-state index contributed by atoms with van der Waals surface area (Å²) in [4.78, 5) is 10.8. The van der Waals surface area contributed by atoms with Gasteiger partial charge in [-0.3, -0.25) is 4.79 Å². The molecule has 0 spiro atoms. The fourth-order valence-corrected chi connectivity index (χ4v) is 3.69. The molecule has 7 nitrogen and oxygen atoms in total. The minimum absolute atomic E-state index is 0.0686. The number of carbonyl (C=O) groups is 1. The third-order valence-electron chi connectivity index (χ3n) is 2.60. The van der Waals surface area contributed by atoms with E-state index in [1.54, 1.807) is 6.07 Å². The number of rotatable bonds is 8. The number of sulfonamides is 1. The molecule has 118 valence electrons. The van der Waals surface area contributed by atoms with Crippen molar-refractivity contribution in [3.8, 4) is 5.75 Å². The predicted molar refractivity (Wildman–Crippen MR) is 79.0 cm³/mol. The van der Waals surface area contributed by atoms with Crippen molar-refractivity contribution in [2.45, 2.75) is 4.90 Å². The number of benzene rings is 1. The Bertz CT molecular complexity index is 604. The summed E-state index contributed by atoms with van der Waals surface area (Å²) >= 11 is 3.19. The molecular formula is C12H16BrNO6S. The maximum Gasteiger partial charge on any atom is 0.318 e. The van der Waals surface area contributed by atoms with Crippen LogP contribution in [0.3, 0.4) is 0 Å². The van der Waals surface area contributed by atoms with Crippen molar-refractivity contribution in [3.63, 3.8) is 0 Å². The molecule has 0 fully saturated rings. The molecule has 1 aromatic carbocycles. The van der Waals surface area contributed by atoms with E-state index in [0.29, 0.717) is 4.47 Å². The minimum Gasteiger partial charge on any atom is -0.495 e. The molecule has 0 amide bonds. The molecule has 0 radical (unpaired) electrons. The molecule has 0 aliphatic carbocycles. The molecule has 0 bridgehead atoms. The lowest BCUT2D eigenvalue weighted by Gasteiger charge is -2.21. The van der Waals surface area contributed by atoms with Crippen molar-refractivity contribution < 1.29 is 27.8 Å². The maximum atomic E-state index is 12.6. The van der Waals surface area contributed by atoms with Gasteiger partial charge in [0, 0.05) is 18.1 Å². The van der Waals surface area contributed by atoms with Crippen molar-refractivity contribution in [1.29, 1.82) is 0 Å². The van der Waals surface area contributed by atoms with Crippen LogP contribution in [0.4, 0.5) is 0 Å². The molecule has 0 saturated heterocycles. The highest BCUT2D eigenvalue weighted by atomic mass is 79.9. The van der Waals surface area contributed by atoms with E-state index >= 15 is 0 Å². The lowest BCUT2D eigenvalue weighted by molar-refractivity contribution is -0.137. The van der Waals surface area contributed by atoms with E-state index in [-0.39, 0.29) is 23.8 Å². The summed E-state index contributed by atoms with van der Waals surface area (Å²) in [5.74, 6) is -1.10. The molecule has 1 rings (SSSR count). The highest BCUT2D eigenvalue weighted by Crippen LogP contribution is 2.29. The highest BCUT2D eigenvalue weighted by molar-refractivity contribution is 9.10. The Balaban J connectivity index is 3.27. The van der Waals surface area contributed by atoms with Crippen LogP contribution in [0.25, 0.3) is 0 Å². The van der Waals surface area contributed by atoms with Gasteiger partial charge in [-0.25, -0.2) is 8.42 Å². The Labute approximate surface area is 131 Å². The molecule has 21 heavy (non-hydrogen) atoms. The Morgan fingerprint density at radius 3 is 2.57 bits per heavy atom. The minimum atomic E-state index is -4.02. The normalized spacial score (nSPS) is 11.6. The van der Waals surface area contributed by atoms with Gasteiger partial charge in [-0.15, -0.1) is 0 Å². The van der Waals surface area contributed by atoms with Crippen molar-refractivity contribution in [1.82, 2.24) is 4.31 Å². The number of carboxylic acids is 1. The standard InChI is InChI=1S/C12H16BrNO6S/c1-19-6-5-14(8-12(15)16)21(17,18)11-7-9(13)3-4-10(11)20-2/h3-4,7H,5-6,8H2,1-2H3,(H,15,16). The smallest absolute Gasteiger partial charge is 0.318 e. The van der Waals surface area contributed by atoms with E-state index in [1.807, 2.05) is 0 Å². The summed E-state index contributed by atoms with van der Waals surface area (Å²) < 4.78 is 36.5. The Morgan fingerprint density at radius 2 is 2.05 bits per heavy atom.